The van der Waals surface area contributed by atoms with E-state index in [1.54, 1.807) is 12.4 Å². The number of rotatable bonds is 3. The number of ether oxygens (including phenoxy) is 1. The average Bonchev–Trinajstić information content (AvgIpc) is 3.37. The first-order valence-electron chi connectivity index (χ1n) is 8.56. The Bertz CT molecular complexity index is 1120. The molecule has 1 aliphatic rings. The molecule has 1 aliphatic heterocycles. The predicted octanol–water partition coefficient (Wildman–Crippen LogP) is 3.11. The Morgan fingerprint density at radius 1 is 1.42 bits per heavy atom. The minimum Gasteiger partial charge on any atom is -0.491 e. The first-order chi connectivity index (χ1) is 12.7. The lowest BCUT2D eigenvalue weighted by molar-refractivity contribution is 0.321. The second-order valence-electron chi connectivity index (χ2n) is 6.41. The Hall–Kier alpha value is -2.87. The number of pyridine rings is 1. The van der Waals surface area contributed by atoms with Crippen molar-refractivity contribution >= 4 is 21.4 Å². The van der Waals surface area contributed by atoms with Gasteiger partial charge >= 0.3 is 0 Å². The first kappa shape index (κ1) is 15.4. The minimum atomic E-state index is -0.0794. The van der Waals surface area contributed by atoms with Crippen LogP contribution in [0.15, 0.2) is 35.6 Å². The van der Waals surface area contributed by atoms with E-state index >= 15 is 0 Å². The number of H-pyrrole nitrogens is 2. The van der Waals surface area contributed by atoms with Crippen LogP contribution in [0.25, 0.3) is 20.5 Å². The molecule has 0 aromatic carbocycles. The van der Waals surface area contributed by atoms with E-state index in [0.717, 1.165) is 45.7 Å². The van der Waals surface area contributed by atoms with Gasteiger partial charge in [-0.3, -0.25) is 14.6 Å². The Morgan fingerprint density at radius 3 is 3.12 bits per heavy atom. The van der Waals surface area contributed by atoms with Crippen LogP contribution in [0, 0.1) is 0 Å². The highest BCUT2D eigenvalue weighted by Gasteiger charge is 2.27. The molecule has 0 spiro atoms. The SMILES string of the molecule is C[C@@H](c1[nH]c(=O)c2sc(-c3cn[nH]c3)c3c2c1CCCO3)n1cccn1. The maximum atomic E-state index is 12.9. The predicted molar refractivity (Wildman–Crippen MR) is 99.9 cm³/mol. The van der Waals surface area contributed by atoms with E-state index in [1.165, 1.54) is 11.3 Å². The minimum absolute atomic E-state index is 0.0553. The maximum absolute atomic E-state index is 12.9. The molecule has 5 heterocycles. The molecule has 0 bridgehead atoms. The molecule has 8 heteroatoms. The smallest absolute Gasteiger partial charge is 0.266 e. The molecule has 0 aliphatic carbocycles. The topological polar surface area (TPSA) is 88.6 Å². The monoisotopic (exact) mass is 367 g/mol. The van der Waals surface area contributed by atoms with Gasteiger partial charge in [-0.05, 0) is 31.4 Å². The largest absolute Gasteiger partial charge is 0.491 e. The van der Waals surface area contributed by atoms with Crippen LogP contribution in [0.5, 0.6) is 5.75 Å². The lowest BCUT2D eigenvalue weighted by Crippen LogP contribution is -2.18. The van der Waals surface area contributed by atoms with Gasteiger partial charge in [0, 0.05) is 35.2 Å². The molecule has 0 amide bonds. The molecular formula is C18H17N5O2S. The van der Waals surface area contributed by atoms with E-state index in [9.17, 15) is 4.79 Å². The van der Waals surface area contributed by atoms with Crippen molar-refractivity contribution in [3.63, 3.8) is 0 Å². The van der Waals surface area contributed by atoms with E-state index < -0.39 is 0 Å². The zero-order valence-corrected chi connectivity index (χ0v) is 15.0. The van der Waals surface area contributed by atoms with Crippen molar-refractivity contribution in [2.75, 3.05) is 6.61 Å². The van der Waals surface area contributed by atoms with Crippen molar-refractivity contribution in [3.8, 4) is 16.2 Å². The summed E-state index contributed by atoms with van der Waals surface area (Å²) < 4.78 is 8.67. The molecular weight excluding hydrogens is 350 g/mol. The van der Waals surface area contributed by atoms with Crippen molar-refractivity contribution in [3.05, 3.63) is 52.5 Å². The second kappa shape index (κ2) is 5.84. The molecule has 5 rings (SSSR count). The number of hydrogen-bond donors (Lipinski definition) is 2. The van der Waals surface area contributed by atoms with Crippen LogP contribution >= 0.6 is 11.3 Å². The number of thiophene rings is 1. The highest BCUT2D eigenvalue weighted by Crippen LogP contribution is 2.46. The normalized spacial score (nSPS) is 15.0. The molecule has 4 aromatic rings. The Balaban J connectivity index is 1.82. The number of aromatic nitrogens is 5. The molecule has 2 N–H and O–H groups in total. The first-order valence-corrected chi connectivity index (χ1v) is 9.38. The zero-order chi connectivity index (χ0) is 17.7. The van der Waals surface area contributed by atoms with Gasteiger partial charge in [-0.15, -0.1) is 11.3 Å². The van der Waals surface area contributed by atoms with Crippen molar-refractivity contribution in [2.45, 2.75) is 25.8 Å². The third-order valence-electron chi connectivity index (χ3n) is 4.86. The molecule has 1 atom stereocenters. The van der Waals surface area contributed by atoms with Gasteiger partial charge in [0.2, 0.25) is 0 Å². The van der Waals surface area contributed by atoms with Crippen LogP contribution in [0.1, 0.15) is 30.6 Å². The molecule has 132 valence electrons. The number of hydrogen-bond acceptors (Lipinski definition) is 5. The van der Waals surface area contributed by atoms with Gasteiger partial charge in [0.25, 0.3) is 5.56 Å². The average molecular weight is 367 g/mol. The third-order valence-corrected chi connectivity index (χ3v) is 6.08. The van der Waals surface area contributed by atoms with E-state index in [4.69, 9.17) is 4.74 Å². The van der Waals surface area contributed by atoms with Crippen molar-refractivity contribution in [1.82, 2.24) is 25.0 Å². The van der Waals surface area contributed by atoms with Gasteiger partial charge in [-0.1, -0.05) is 0 Å². The number of aromatic amines is 2. The Labute approximate surface area is 152 Å². The van der Waals surface area contributed by atoms with Gasteiger partial charge in [0.1, 0.15) is 10.4 Å². The molecule has 4 aromatic heterocycles. The van der Waals surface area contributed by atoms with Crippen molar-refractivity contribution in [1.29, 1.82) is 0 Å². The molecule has 0 fully saturated rings. The summed E-state index contributed by atoms with van der Waals surface area (Å²) in [6.45, 7) is 2.69. The molecule has 0 unspecified atom stereocenters. The Morgan fingerprint density at radius 2 is 2.35 bits per heavy atom. The van der Waals surface area contributed by atoms with E-state index in [1.807, 2.05) is 23.1 Å². The van der Waals surface area contributed by atoms with Crippen LogP contribution < -0.4 is 10.3 Å². The quantitative estimate of drug-likeness (QED) is 0.582. The summed E-state index contributed by atoms with van der Waals surface area (Å²) >= 11 is 1.46. The molecule has 0 radical (unpaired) electrons. The van der Waals surface area contributed by atoms with Gasteiger partial charge < -0.3 is 9.72 Å². The summed E-state index contributed by atoms with van der Waals surface area (Å²) in [4.78, 5) is 16.9. The van der Waals surface area contributed by atoms with E-state index in [2.05, 4.69) is 27.2 Å². The van der Waals surface area contributed by atoms with E-state index in [-0.39, 0.29) is 11.6 Å². The van der Waals surface area contributed by atoms with Gasteiger partial charge in [0.15, 0.2) is 0 Å². The lowest BCUT2D eigenvalue weighted by atomic mass is 10.00. The molecule has 7 nitrogen and oxygen atoms in total. The van der Waals surface area contributed by atoms with Crippen LogP contribution in [-0.4, -0.2) is 31.6 Å². The van der Waals surface area contributed by atoms with Crippen molar-refractivity contribution in [2.24, 2.45) is 0 Å². The van der Waals surface area contributed by atoms with Crippen LogP contribution in [0.2, 0.25) is 0 Å². The fourth-order valence-corrected chi connectivity index (χ4v) is 4.77. The molecule has 26 heavy (non-hydrogen) atoms. The van der Waals surface area contributed by atoms with E-state index in [0.29, 0.717) is 11.3 Å². The highest BCUT2D eigenvalue weighted by atomic mass is 32.1. The zero-order valence-electron chi connectivity index (χ0n) is 14.2. The fourth-order valence-electron chi connectivity index (χ4n) is 3.62. The Kier molecular flexibility index (Phi) is 3.46. The van der Waals surface area contributed by atoms with Crippen LogP contribution in [0.3, 0.4) is 0 Å². The summed E-state index contributed by atoms with van der Waals surface area (Å²) in [5, 5.41) is 12.2. The summed E-state index contributed by atoms with van der Waals surface area (Å²) in [5.74, 6) is 0.805. The third kappa shape index (κ3) is 2.22. The van der Waals surface area contributed by atoms with Crippen LogP contribution in [-0.2, 0) is 6.42 Å². The number of nitrogens with zero attached hydrogens (tertiary/aromatic N) is 3. The summed E-state index contributed by atoms with van der Waals surface area (Å²) in [5.41, 5.74) is 2.93. The van der Waals surface area contributed by atoms with Gasteiger partial charge in [-0.2, -0.15) is 10.2 Å². The highest BCUT2D eigenvalue weighted by molar-refractivity contribution is 7.22. The van der Waals surface area contributed by atoms with Gasteiger partial charge in [-0.25, -0.2) is 0 Å². The molecule has 0 saturated heterocycles. The number of aryl methyl sites for hydroxylation is 1. The van der Waals surface area contributed by atoms with Crippen LogP contribution in [0.4, 0.5) is 0 Å². The van der Waals surface area contributed by atoms with Gasteiger partial charge in [0.05, 0.1) is 23.7 Å². The summed E-state index contributed by atoms with van der Waals surface area (Å²) in [7, 11) is 0. The standard InChI is InChI=1S/C18H17N5O2S/c1-10(23-6-3-5-21-23)14-12-4-2-7-25-15-13(12)17(18(24)22-14)26-16(15)11-8-19-20-9-11/h3,5-6,8-10H,2,4,7H2,1H3,(H,19,20)(H,22,24)/t10-/m0/s1. The lowest BCUT2D eigenvalue weighted by Gasteiger charge is -2.17. The molecule has 0 saturated carbocycles. The number of nitrogens with one attached hydrogen (secondary N) is 2. The fraction of sp³-hybridized carbons (Fsp3) is 0.278. The summed E-state index contributed by atoms with van der Waals surface area (Å²) in [6, 6.07) is 1.83. The summed E-state index contributed by atoms with van der Waals surface area (Å²) in [6.07, 6.45) is 9.03. The van der Waals surface area contributed by atoms with Crippen molar-refractivity contribution < 1.29 is 4.74 Å². The second-order valence-corrected chi connectivity index (χ2v) is 7.43. The maximum Gasteiger partial charge on any atom is 0.266 e.